The van der Waals surface area contributed by atoms with E-state index in [1.807, 2.05) is 55.5 Å². The molecule has 0 amide bonds. The van der Waals surface area contributed by atoms with Crippen molar-refractivity contribution in [1.29, 1.82) is 0 Å². The maximum Gasteiger partial charge on any atom is 0.224 e. The third-order valence-corrected chi connectivity index (χ3v) is 3.22. The minimum absolute atomic E-state index is 0.193. The molecule has 0 aliphatic carbocycles. The largest absolute Gasteiger partial charge is 0.398 e. The van der Waals surface area contributed by atoms with Gasteiger partial charge >= 0.3 is 0 Å². The summed E-state index contributed by atoms with van der Waals surface area (Å²) in [5.41, 5.74) is 15.2. The Morgan fingerprint density at radius 3 is 2.10 bits per heavy atom. The molecule has 0 saturated heterocycles. The standard InChI is InChI=1S/C16H15N5/c1-10-7-8-12(9-13(10)17)15-19-14(20-16(18)21-15)11-5-3-2-4-6-11/h2-9H,17H2,1H3,(H2,18,19,20,21). The van der Waals surface area contributed by atoms with Gasteiger partial charge in [0.25, 0.3) is 0 Å². The molecule has 21 heavy (non-hydrogen) atoms. The Morgan fingerprint density at radius 2 is 1.43 bits per heavy atom. The molecule has 0 fully saturated rings. The van der Waals surface area contributed by atoms with E-state index in [4.69, 9.17) is 11.5 Å². The van der Waals surface area contributed by atoms with Crippen LogP contribution in [0.1, 0.15) is 5.56 Å². The highest BCUT2D eigenvalue weighted by atomic mass is 15.1. The van der Waals surface area contributed by atoms with Crippen molar-refractivity contribution >= 4 is 11.6 Å². The fourth-order valence-electron chi connectivity index (χ4n) is 2.02. The molecule has 104 valence electrons. The minimum atomic E-state index is 0.193. The highest BCUT2D eigenvalue weighted by molar-refractivity contribution is 5.66. The summed E-state index contributed by atoms with van der Waals surface area (Å²) >= 11 is 0. The molecule has 3 rings (SSSR count). The fraction of sp³-hybridized carbons (Fsp3) is 0.0625. The molecular weight excluding hydrogens is 262 g/mol. The zero-order valence-corrected chi connectivity index (χ0v) is 11.6. The molecule has 0 aliphatic heterocycles. The topological polar surface area (TPSA) is 90.7 Å². The van der Waals surface area contributed by atoms with E-state index in [0.29, 0.717) is 17.3 Å². The van der Waals surface area contributed by atoms with Gasteiger partial charge in [0, 0.05) is 16.8 Å². The van der Waals surface area contributed by atoms with Gasteiger partial charge in [-0.15, -0.1) is 0 Å². The molecule has 0 radical (unpaired) electrons. The van der Waals surface area contributed by atoms with E-state index in [0.717, 1.165) is 16.7 Å². The first-order chi connectivity index (χ1) is 10.1. The predicted octanol–water partition coefficient (Wildman–Crippen LogP) is 2.68. The van der Waals surface area contributed by atoms with Crippen LogP contribution in [0.25, 0.3) is 22.8 Å². The normalized spacial score (nSPS) is 10.5. The number of rotatable bonds is 2. The van der Waals surface area contributed by atoms with Crippen LogP contribution in [-0.2, 0) is 0 Å². The van der Waals surface area contributed by atoms with Crippen molar-refractivity contribution in [2.75, 3.05) is 11.5 Å². The smallest absolute Gasteiger partial charge is 0.224 e. The molecule has 3 aromatic rings. The second-order valence-electron chi connectivity index (χ2n) is 4.78. The minimum Gasteiger partial charge on any atom is -0.398 e. The van der Waals surface area contributed by atoms with Gasteiger partial charge in [-0.25, -0.2) is 4.98 Å². The van der Waals surface area contributed by atoms with Crippen LogP contribution in [0.15, 0.2) is 48.5 Å². The summed E-state index contributed by atoms with van der Waals surface area (Å²) in [5, 5.41) is 0. The lowest BCUT2D eigenvalue weighted by atomic mass is 10.1. The first kappa shape index (κ1) is 13.1. The number of aromatic nitrogens is 3. The molecule has 0 saturated carbocycles. The van der Waals surface area contributed by atoms with Crippen LogP contribution in [-0.4, -0.2) is 15.0 Å². The Balaban J connectivity index is 2.11. The number of nitrogen functional groups attached to an aromatic ring is 2. The van der Waals surface area contributed by atoms with Gasteiger partial charge in [0.2, 0.25) is 5.95 Å². The summed E-state index contributed by atoms with van der Waals surface area (Å²) < 4.78 is 0. The van der Waals surface area contributed by atoms with E-state index in [9.17, 15) is 0 Å². The van der Waals surface area contributed by atoms with Crippen LogP contribution in [0.2, 0.25) is 0 Å². The Bertz CT molecular complexity index is 784. The van der Waals surface area contributed by atoms with Crippen LogP contribution < -0.4 is 11.5 Å². The van der Waals surface area contributed by atoms with E-state index >= 15 is 0 Å². The number of nitrogens with zero attached hydrogens (tertiary/aromatic N) is 3. The van der Waals surface area contributed by atoms with Gasteiger partial charge in [0.1, 0.15) is 0 Å². The van der Waals surface area contributed by atoms with Gasteiger partial charge in [0.15, 0.2) is 11.6 Å². The van der Waals surface area contributed by atoms with Crippen molar-refractivity contribution in [2.24, 2.45) is 0 Å². The highest BCUT2D eigenvalue weighted by Crippen LogP contribution is 2.23. The second-order valence-corrected chi connectivity index (χ2v) is 4.78. The van der Waals surface area contributed by atoms with Gasteiger partial charge in [-0.1, -0.05) is 42.5 Å². The number of anilines is 2. The van der Waals surface area contributed by atoms with Crippen molar-refractivity contribution in [1.82, 2.24) is 15.0 Å². The molecule has 4 N–H and O–H groups in total. The van der Waals surface area contributed by atoms with Gasteiger partial charge < -0.3 is 11.5 Å². The molecule has 0 unspecified atom stereocenters. The van der Waals surface area contributed by atoms with E-state index < -0.39 is 0 Å². The Morgan fingerprint density at radius 1 is 0.762 bits per heavy atom. The lowest BCUT2D eigenvalue weighted by molar-refractivity contribution is 1.08. The number of nitrogens with two attached hydrogens (primary N) is 2. The zero-order chi connectivity index (χ0) is 14.8. The lowest BCUT2D eigenvalue weighted by Gasteiger charge is -2.07. The highest BCUT2D eigenvalue weighted by Gasteiger charge is 2.09. The van der Waals surface area contributed by atoms with Gasteiger partial charge in [-0.05, 0) is 18.6 Å². The molecule has 0 aliphatic rings. The van der Waals surface area contributed by atoms with Crippen molar-refractivity contribution in [3.8, 4) is 22.8 Å². The monoisotopic (exact) mass is 277 g/mol. The van der Waals surface area contributed by atoms with E-state index in [2.05, 4.69) is 15.0 Å². The molecule has 2 aromatic carbocycles. The Labute approximate surface area is 122 Å². The average molecular weight is 277 g/mol. The van der Waals surface area contributed by atoms with E-state index in [-0.39, 0.29) is 5.95 Å². The molecular formula is C16H15N5. The Hall–Kier alpha value is -2.95. The summed E-state index contributed by atoms with van der Waals surface area (Å²) in [5.74, 6) is 1.27. The maximum atomic E-state index is 5.94. The van der Waals surface area contributed by atoms with Crippen molar-refractivity contribution in [3.63, 3.8) is 0 Å². The molecule has 0 bridgehead atoms. The first-order valence-electron chi connectivity index (χ1n) is 6.57. The summed E-state index contributed by atoms with van der Waals surface area (Å²) in [4.78, 5) is 12.9. The maximum absolute atomic E-state index is 5.94. The second kappa shape index (κ2) is 5.20. The predicted molar refractivity (Wildman–Crippen MR) is 84.3 cm³/mol. The molecule has 5 heteroatoms. The molecule has 0 spiro atoms. The number of aryl methyl sites for hydroxylation is 1. The van der Waals surface area contributed by atoms with E-state index in [1.54, 1.807) is 0 Å². The number of hydrogen-bond donors (Lipinski definition) is 2. The van der Waals surface area contributed by atoms with Crippen LogP contribution in [0.4, 0.5) is 11.6 Å². The van der Waals surface area contributed by atoms with Gasteiger partial charge in [-0.2, -0.15) is 9.97 Å². The summed E-state index contributed by atoms with van der Waals surface area (Å²) in [7, 11) is 0. The summed E-state index contributed by atoms with van der Waals surface area (Å²) in [6.45, 7) is 1.95. The van der Waals surface area contributed by atoms with Crippen LogP contribution >= 0.6 is 0 Å². The molecule has 5 nitrogen and oxygen atoms in total. The molecule has 0 atom stereocenters. The first-order valence-corrected chi connectivity index (χ1v) is 6.57. The van der Waals surface area contributed by atoms with E-state index in [1.165, 1.54) is 0 Å². The average Bonchev–Trinajstić information content (AvgIpc) is 2.50. The summed E-state index contributed by atoms with van der Waals surface area (Å²) in [6.07, 6.45) is 0. The van der Waals surface area contributed by atoms with Crippen molar-refractivity contribution in [3.05, 3.63) is 54.1 Å². The van der Waals surface area contributed by atoms with Crippen LogP contribution in [0, 0.1) is 6.92 Å². The van der Waals surface area contributed by atoms with Crippen LogP contribution in [0.5, 0.6) is 0 Å². The van der Waals surface area contributed by atoms with Gasteiger partial charge in [-0.3, -0.25) is 0 Å². The quantitative estimate of drug-likeness (QED) is 0.703. The zero-order valence-electron chi connectivity index (χ0n) is 11.6. The third-order valence-electron chi connectivity index (χ3n) is 3.22. The lowest BCUT2D eigenvalue weighted by Crippen LogP contribution is -2.02. The summed E-state index contributed by atoms with van der Waals surface area (Å²) in [6, 6.07) is 15.4. The third kappa shape index (κ3) is 2.67. The Kier molecular flexibility index (Phi) is 3.23. The number of hydrogen-bond acceptors (Lipinski definition) is 5. The van der Waals surface area contributed by atoms with Crippen molar-refractivity contribution < 1.29 is 0 Å². The van der Waals surface area contributed by atoms with Crippen molar-refractivity contribution in [2.45, 2.75) is 6.92 Å². The SMILES string of the molecule is Cc1ccc(-c2nc(N)nc(-c3ccccc3)n2)cc1N. The number of benzene rings is 2. The van der Waals surface area contributed by atoms with Crippen LogP contribution in [0.3, 0.4) is 0 Å². The molecule has 1 aromatic heterocycles. The fourth-order valence-corrected chi connectivity index (χ4v) is 2.02. The molecule has 1 heterocycles. The van der Waals surface area contributed by atoms with Gasteiger partial charge in [0.05, 0.1) is 0 Å².